The summed E-state index contributed by atoms with van der Waals surface area (Å²) < 4.78 is 27.5. The van der Waals surface area contributed by atoms with Crippen LogP contribution in [0.15, 0.2) is 22.7 Å². The third-order valence-electron chi connectivity index (χ3n) is 2.52. The van der Waals surface area contributed by atoms with Crippen LogP contribution in [0.3, 0.4) is 0 Å². The van der Waals surface area contributed by atoms with Gasteiger partial charge in [-0.2, -0.15) is 0 Å². The number of hydrogen-bond donors (Lipinski definition) is 2. The van der Waals surface area contributed by atoms with Gasteiger partial charge in [0.25, 0.3) is 0 Å². The van der Waals surface area contributed by atoms with Gasteiger partial charge >= 0.3 is 0 Å². The van der Waals surface area contributed by atoms with Crippen LogP contribution in [0, 0.1) is 0 Å². The zero-order valence-electron chi connectivity index (χ0n) is 11.1. The summed E-state index contributed by atoms with van der Waals surface area (Å²) in [4.78, 5) is 0. The second-order valence-corrected chi connectivity index (χ2v) is 8.01. The van der Waals surface area contributed by atoms with E-state index in [2.05, 4.69) is 26.0 Å². The molecule has 0 saturated carbocycles. The molecule has 0 aliphatic carbocycles. The zero-order valence-corrected chi connectivity index (χ0v) is 14.2. The second kappa shape index (κ2) is 6.92. The molecule has 0 heterocycles. The summed E-state index contributed by atoms with van der Waals surface area (Å²) in [6.45, 7) is 6.01. The highest BCUT2D eigenvalue weighted by atomic mass is 79.9. The van der Waals surface area contributed by atoms with Crippen molar-refractivity contribution in [3.63, 3.8) is 0 Å². The van der Waals surface area contributed by atoms with Crippen LogP contribution >= 0.6 is 27.5 Å². The van der Waals surface area contributed by atoms with Gasteiger partial charge in [0.15, 0.2) is 0 Å². The molecule has 0 aromatic heterocycles. The van der Waals surface area contributed by atoms with Gasteiger partial charge in [-0.1, -0.05) is 25.4 Å². The minimum absolute atomic E-state index is 0.250. The van der Waals surface area contributed by atoms with Crippen molar-refractivity contribution in [3.8, 4) is 0 Å². The number of anilines is 1. The van der Waals surface area contributed by atoms with Crippen molar-refractivity contribution in [2.75, 3.05) is 11.3 Å². The van der Waals surface area contributed by atoms with Crippen LogP contribution in [-0.4, -0.2) is 26.3 Å². The fourth-order valence-electron chi connectivity index (χ4n) is 1.34. The molecule has 1 unspecified atom stereocenters. The van der Waals surface area contributed by atoms with Crippen LogP contribution in [0.1, 0.15) is 20.8 Å². The summed E-state index contributed by atoms with van der Waals surface area (Å²) in [7, 11) is -3.43. The molecule has 1 aromatic rings. The molecule has 0 radical (unpaired) electrons. The van der Waals surface area contributed by atoms with E-state index in [1.54, 1.807) is 25.1 Å². The minimum Gasteiger partial charge on any atom is -0.313 e. The molecular weight excluding hydrogens is 352 g/mol. The van der Waals surface area contributed by atoms with E-state index in [-0.39, 0.29) is 6.04 Å². The van der Waals surface area contributed by atoms with Gasteiger partial charge in [0, 0.05) is 17.1 Å². The van der Waals surface area contributed by atoms with E-state index in [1.165, 1.54) is 0 Å². The van der Waals surface area contributed by atoms with Crippen LogP contribution in [0.4, 0.5) is 5.69 Å². The summed E-state index contributed by atoms with van der Waals surface area (Å²) in [5, 5.41) is 3.04. The van der Waals surface area contributed by atoms with E-state index in [9.17, 15) is 8.42 Å². The lowest BCUT2D eigenvalue weighted by molar-refractivity contribution is 0.553. The van der Waals surface area contributed by atoms with Crippen LogP contribution < -0.4 is 10.0 Å². The fourth-order valence-corrected chi connectivity index (χ4v) is 2.74. The van der Waals surface area contributed by atoms with E-state index >= 15 is 0 Å². The maximum absolute atomic E-state index is 12.1. The largest absolute Gasteiger partial charge is 0.313 e. The number of halogens is 2. The topological polar surface area (TPSA) is 58.2 Å². The standard InChI is InChI=1S/C12H18BrClN2O2S/c1-8(2)15-7-9(3)19(17,18)16-10-4-5-11(13)12(14)6-10/h4-6,8-9,15-16H,7H2,1-3H3. The third kappa shape index (κ3) is 5.30. The van der Waals surface area contributed by atoms with Crippen LogP contribution in [0.25, 0.3) is 0 Å². The third-order valence-corrected chi connectivity index (χ3v) is 5.50. The first-order chi connectivity index (χ1) is 8.72. The normalized spacial score (nSPS) is 13.6. The van der Waals surface area contributed by atoms with Crippen molar-refractivity contribution in [2.45, 2.75) is 32.1 Å². The molecule has 0 bridgehead atoms. The highest BCUT2D eigenvalue weighted by molar-refractivity contribution is 9.10. The number of nitrogens with one attached hydrogen (secondary N) is 2. The van der Waals surface area contributed by atoms with Gasteiger partial charge in [-0.05, 0) is 41.1 Å². The number of benzene rings is 1. The SMILES string of the molecule is CC(C)NCC(C)S(=O)(=O)Nc1ccc(Br)c(Cl)c1. The zero-order chi connectivity index (χ0) is 14.6. The lowest BCUT2D eigenvalue weighted by Gasteiger charge is -2.17. The maximum Gasteiger partial charge on any atom is 0.236 e. The molecule has 0 aliphatic rings. The van der Waals surface area contributed by atoms with Crippen molar-refractivity contribution in [2.24, 2.45) is 0 Å². The molecule has 0 amide bonds. The van der Waals surface area contributed by atoms with Crippen molar-refractivity contribution in [1.29, 1.82) is 0 Å². The molecular formula is C12H18BrClN2O2S. The molecule has 2 N–H and O–H groups in total. The Morgan fingerprint density at radius 3 is 2.47 bits per heavy atom. The van der Waals surface area contributed by atoms with E-state index < -0.39 is 15.3 Å². The Morgan fingerprint density at radius 1 is 1.32 bits per heavy atom. The maximum atomic E-state index is 12.1. The van der Waals surface area contributed by atoms with Crippen molar-refractivity contribution >= 4 is 43.2 Å². The molecule has 0 saturated heterocycles. The molecule has 1 aromatic carbocycles. The molecule has 1 atom stereocenters. The average molecular weight is 370 g/mol. The van der Waals surface area contributed by atoms with E-state index in [0.29, 0.717) is 17.3 Å². The Labute approximate surface area is 128 Å². The lowest BCUT2D eigenvalue weighted by Crippen LogP contribution is -2.37. The molecule has 108 valence electrons. The number of sulfonamides is 1. The quantitative estimate of drug-likeness (QED) is 0.809. The monoisotopic (exact) mass is 368 g/mol. The van der Waals surface area contributed by atoms with E-state index in [4.69, 9.17) is 11.6 Å². The number of rotatable bonds is 6. The molecule has 1 rings (SSSR count). The lowest BCUT2D eigenvalue weighted by atomic mass is 10.3. The van der Waals surface area contributed by atoms with Gasteiger partial charge in [-0.15, -0.1) is 0 Å². The smallest absolute Gasteiger partial charge is 0.236 e. The van der Waals surface area contributed by atoms with Gasteiger partial charge in [0.05, 0.1) is 16.0 Å². The average Bonchev–Trinajstić information content (AvgIpc) is 2.30. The van der Waals surface area contributed by atoms with Crippen molar-refractivity contribution in [3.05, 3.63) is 27.7 Å². The summed E-state index contributed by atoms with van der Waals surface area (Å²) in [5.74, 6) is 0. The fraction of sp³-hybridized carbons (Fsp3) is 0.500. The number of hydrogen-bond acceptors (Lipinski definition) is 3. The van der Waals surface area contributed by atoms with Gasteiger partial charge in [-0.25, -0.2) is 8.42 Å². The molecule has 0 aliphatic heterocycles. The van der Waals surface area contributed by atoms with Gasteiger partial charge in [0.2, 0.25) is 10.0 Å². The van der Waals surface area contributed by atoms with Crippen LogP contribution in [0.5, 0.6) is 0 Å². The van der Waals surface area contributed by atoms with Crippen molar-refractivity contribution in [1.82, 2.24) is 5.32 Å². The van der Waals surface area contributed by atoms with E-state index in [0.717, 1.165) is 4.47 Å². The van der Waals surface area contributed by atoms with Gasteiger partial charge in [-0.3, -0.25) is 4.72 Å². The molecule has 0 fully saturated rings. The Bertz CT molecular complexity index is 535. The van der Waals surface area contributed by atoms with Crippen LogP contribution in [-0.2, 0) is 10.0 Å². The molecule has 4 nitrogen and oxygen atoms in total. The Hall–Kier alpha value is -0.300. The molecule has 7 heteroatoms. The minimum atomic E-state index is -3.43. The molecule has 19 heavy (non-hydrogen) atoms. The second-order valence-electron chi connectivity index (χ2n) is 4.65. The Kier molecular flexibility index (Phi) is 6.11. The predicted molar refractivity (Wildman–Crippen MR) is 84.3 cm³/mol. The van der Waals surface area contributed by atoms with Crippen molar-refractivity contribution < 1.29 is 8.42 Å². The first-order valence-electron chi connectivity index (χ1n) is 5.92. The summed E-state index contributed by atoms with van der Waals surface area (Å²) in [6, 6.07) is 5.19. The van der Waals surface area contributed by atoms with Gasteiger partial charge in [0.1, 0.15) is 0 Å². The highest BCUT2D eigenvalue weighted by Gasteiger charge is 2.20. The summed E-state index contributed by atoms with van der Waals surface area (Å²) >= 11 is 9.19. The Morgan fingerprint density at radius 2 is 1.95 bits per heavy atom. The van der Waals surface area contributed by atoms with Crippen LogP contribution in [0.2, 0.25) is 5.02 Å². The summed E-state index contributed by atoms with van der Waals surface area (Å²) in [5.41, 5.74) is 0.463. The predicted octanol–water partition coefficient (Wildman–Crippen LogP) is 3.23. The van der Waals surface area contributed by atoms with E-state index in [1.807, 2.05) is 13.8 Å². The Balaban J connectivity index is 2.75. The summed E-state index contributed by atoms with van der Waals surface area (Å²) in [6.07, 6.45) is 0. The van der Waals surface area contributed by atoms with Gasteiger partial charge < -0.3 is 5.32 Å². The molecule has 0 spiro atoms. The highest BCUT2D eigenvalue weighted by Crippen LogP contribution is 2.26. The first-order valence-corrected chi connectivity index (χ1v) is 8.64. The first kappa shape index (κ1) is 16.8.